The summed E-state index contributed by atoms with van der Waals surface area (Å²) in [5.41, 5.74) is 4.53. The first kappa shape index (κ1) is 17.6. The normalized spacial score (nSPS) is 10.9. The topological polar surface area (TPSA) is 54.9 Å². The summed E-state index contributed by atoms with van der Waals surface area (Å²) in [7, 11) is 0. The van der Waals surface area contributed by atoms with Gasteiger partial charge in [0, 0.05) is 35.1 Å². The lowest BCUT2D eigenvalue weighted by molar-refractivity contribution is 0.0951. The zero-order valence-corrected chi connectivity index (χ0v) is 16.1. The van der Waals surface area contributed by atoms with Gasteiger partial charge in [-0.1, -0.05) is 23.7 Å². The van der Waals surface area contributed by atoms with Crippen molar-refractivity contribution in [2.45, 2.75) is 13.5 Å². The number of rotatable bonds is 4. The summed E-state index contributed by atoms with van der Waals surface area (Å²) < 4.78 is 0.974. The minimum atomic E-state index is -0.121. The zero-order valence-electron chi connectivity index (χ0n) is 14.6. The first-order valence-corrected chi connectivity index (χ1v) is 9.63. The Morgan fingerprint density at radius 3 is 2.85 bits per heavy atom. The number of nitrogens with zero attached hydrogens (tertiary/aromatic N) is 2. The molecule has 0 aliphatic carbocycles. The molecule has 0 unspecified atom stereocenters. The van der Waals surface area contributed by atoms with Crippen molar-refractivity contribution < 1.29 is 4.79 Å². The average molecular weight is 394 g/mol. The van der Waals surface area contributed by atoms with E-state index in [1.165, 1.54) is 0 Å². The van der Waals surface area contributed by atoms with Crippen LogP contribution in [0.5, 0.6) is 0 Å². The molecule has 0 aliphatic heterocycles. The van der Waals surface area contributed by atoms with Crippen LogP contribution in [0.1, 0.15) is 21.5 Å². The molecule has 2 aromatic carbocycles. The summed E-state index contributed by atoms with van der Waals surface area (Å²) in [5, 5.41) is 4.49. The predicted octanol–water partition coefficient (Wildman–Crippen LogP) is 5.25. The second-order valence-corrected chi connectivity index (χ2v) is 7.73. The Bertz CT molecular complexity index is 1140. The van der Waals surface area contributed by atoms with Gasteiger partial charge in [0.2, 0.25) is 0 Å². The molecule has 0 fully saturated rings. The fraction of sp³-hybridized carbons (Fsp3) is 0.0952. The Labute approximate surface area is 165 Å². The molecule has 27 heavy (non-hydrogen) atoms. The largest absolute Gasteiger partial charge is 0.348 e. The van der Waals surface area contributed by atoms with Crippen LogP contribution < -0.4 is 5.32 Å². The maximum Gasteiger partial charge on any atom is 0.251 e. The standard InChI is InChI=1S/C21H16ClN3OS/c1-13-7-16(12-23-10-13)21-25-18-6-5-15(9-19(18)27-21)20(26)24-11-14-3-2-4-17(22)8-14/h2-10,12H,11H2,1H3,(H,24,26). The lowest BCUT2D eigenvalue weighted by Gasteiger charge is -2.06. The van der Waals surface area contributed by atoms with Crippen molar-refractivity contribution >= 4 is 39.1 Å². The number of aromatic nitrogens is 2. The number of carbonyl (C=O) groups is 1. The lowest BCUT2D eigenvalue weighted by Crippen LogP contribution is -2.22. The van der Waals surface area contributed by atoms with Gasteiger partial charge in [-0.05, 0) is 54.4 Å². The minimum absolute atomic E-state index is 0.121. The van der Waals surface area contributed by atoms with E-state index in [1.807, 2.05) is 55.7 Å². The van der Waals surface area contributed by atoms with Crippen molar-refractivity contribution in [2.24, 2.45) is 0 Å². The molecule has 0 radical (unpaired) electrons. The SMILES string of the molecule is Cc1cncc(-c2nc3ccc(C(=O)NCc4cccc(Cl)c4)cc3s2)c1. The molecule has 4 aromatic rings. The lowest BCUT2D eigenvalue weighted by atomic mass is 10.2. The van der Waals surface area contributed by atoms with Crippen LogP contribution in [-0.2, 0) is 6.54 Å². The fourth-order valence-electron chi connectivity index (χ4n) is 2.79. The van der Waals surface area contributed by atoms with Crippen LogP contribution in [0.15, 0.2) is 60.9 Å². The second-order valence-electron chi connectivity index (χ2n) is 6.27. The summed E-state index contributed by atoms with van der Waals surface area (Å²) in [5.74, 6) is -0.121. The summed E-state index contributed by atoms with van der Waals surface area (Å²) in [4.78, 5) is 21.4. The van der Waals surface area contributed by atoms with Crippen LogP contribution in [0.4, 0.5) is 0 Å². The first-order valence-electron chi connectivity index (χ1n) is 8.44. The molecular weight excluding hydrogens is 378 g/mol. The van der Waals surface area contributed by atoms with Gasteiger partial charge in [0.05, 0.1) is 10.2 Å². The molecular formula is C21H16ClN3OS. The van der Waals surface area contributed by atoms with Crippen LogP contribution in [0.3, 0.4) is 0 Å². The highest BCUT2D eigenvalue weighted by atomic mass is 35.5. The highest BCUT2D eigenvalue weighted by Gasteiger charge is 2.11. The predicted molar refractivity (Wildman–Crippen MR) is 110 cm³/mol. The number of amides is 1. The monoisotopic (exact) mass is 393 g/mol. The van der Waals surface area contributed by atoms with Gasteiger partial charge in [-0.15, -0.1) is 11.3 Å². The van der Waals surface area contributed by atoms with Crippen LogP contribution >= 0.6 is 22.9 Å². The molecule has 0 aliphatic rings. The Morgan fingerprint density at radius 1 is 1.15 bits per heavy atom. The van der Waals surface area contributed by atoms with Gasteiger partial charge in [0.25, 0.3) is 5.91 Å². The van der Waals surface area contributed by atoms with E-state index in [4.69, 9.17) is 11.6 Å². The molecule has 0 saturated carbocycles. The quantitative estimate of drug-likeness (QED) is 0.515. The Balaban J connectivity index is 1.55. The van der Waals surface area contributed by atoms with Crippen molar-refractivity contribution in [1.82, 2.24) is 15.3 Å². The maximum absolute atomic E-state index is 12.5. The van der Waals surface area contributed by atoms with Gasteiger partial charge in [-0.2, -0.15) is 0 Å². The van der Waals surface area contributed by atoms with Crippen LogP contribution in [0, 0.1) is 6.92 Å². The van der Waals surface area contributed by atoms with Gasteiger partial charge >= 0.3 is 0 Å². The number of nitrogens with one attached hydrogen (secondary N) is 1. The smallest absolute Gasteiger partial charge is 0.251 e. The van der Waals surface area contributed by atoms with Crippen molar-refractivity contribution in [3.8, 4) is 10.6 Å². The summed E-state index contributed by atoms with van der Waals surface area (Å²) in [6.07, 6.45) is 3.63. The Hall–Kier alpha value is -2.76. The Morgan fingerprint density at radius 2 is 2.04 bits per heavy atom. The highest BCUT2D eigenvalue weighted by Crippen LogP contribution is 2.30. The molecule has 2 heterocycles. The number of benzene rings is 2. The molecule has 1 N–H and O–H groups in total. The van der Waals surface area contributed by atoms with Crippen LogP contribution in [0.2, 0.25) is 5.02 Å². The minimum Gasteiger partial charge on any atom is -0.348 e. The highest BCUT2D eigenvalue weighted by molar-refractivity contribution is 7.21. The maximum atomic E-state index is 12.5. The number of thiazole rings is 1. The molecule has 6 heteroatoms. The number of aryl methyl sites for hydroxylation is 1. The number of hydrogen-bond acceptors (Lipinski definition) is 4. The van der Waals surface area contributed by atoms with Gasteiger partial charge in [0.1, 0.15) is 5.01 Å². The summed E-state index contributed by atoms with van der Waals surface area (Å²) in [6.45, 7) is 2.44. The third-order valence-electron chi connectivity index (χ3n) is 4.11. The average Bonchev–Trinajstić information content (AvgIpc) is 3.09. The third-order valence-corrected chi connectivity index (χ3v) is 5.42. The summed E-state index contributed by atoms with van der Waals surface area (Å²) >= 11 is 7.54. The molecule has 0 bridgehead atoms. The van der Waals surface area contributed by atoms with Gasteiger partial charge in [-0.25, -0.2) is 4.98 Å². The molecule has 0 saturated heterocycles. The van der Waals surface area contributed by atoms with E-state index in [2.05, 4.69) is 21.4 Å². The van der Waals surface area contributed by atoms with Crippen molar-refractivity contribution in [2.75, 3.05) is 0 Å². The van der Waals surface area contributed by atoms with Crippen molar-refractivity contribution in [3.05, 3.63) is 82.6 Å². The van der Waals surface area contributed by atoms with Crippen LogP contribution in [-0.4, -0.2) is 15.9 Å². The van der Waals surface area contributed by atoms with E-state index in [9.17, 15) is 4.79 Å². The van der Waals surface area contributed by atoms with E-state index >= 15 is 0 Å². The van der Waals surface area contributed by atoms with E-state index in [0.717, 1.165) is 31.9 Å². The number of hydrogen-bond donors (Lipinski definition) is 1. The molecule has 1 amide bonds. The molecule has 134 valence electrons. The number of pyridine rings is 1. The molecule has 0 atom stereocenters. The molecule has 4 rings (SSSR count). The molecule has 0 spiro atoms. The van der Waals surface area contributed by atoms with Gasteiger partial charge in [0.15, 0.2) is 0 Å². The zero-order chi connectivity index (χ0) is 18.8. The fourth-order valence-corrected chi connectivity index (χ4v) is 3.99. The first-order chi connectivity index (χ1) is 13.1. The Kier molecular flexibility index (Phi) is 4.88. The van der Waals surface area contributed by atoms with E-state index < -0.39 is 0 Å². The number of fused-ring (bicyclic) bond motifs is 1. The third kappa shape index (κ3) is 3.99. The van der Waals surface area contributed by atoms with Gasteiger partial charge in [-0.3, -0.25) is 9.78 Å². The molecule has 4 nitrogen and oxygen atoms in total. The number of halogens is 1. The molecule has 2 aromatic heterocycles. The van der Waals surface area contributed by atoms with E-state index in [0.29, 0.717) is 17.1 Å². The van der Waals surface area contributed by atoms with Crippen molar-refractivity contribution in [3.63, 3.8) is 0 Å². The van der Waals surface area contributed by atoms with Gasteiger partial charge < -0.3 is 5.32 Å². The number of carbonyl (C=O) groups excluding carboxylic acids is 1. The van der Waals surface area contributed by atoms with E-state index in [-0.39, 0.29) is 5.91 Å². The summed E-state index contributed by atoms with van der Waals surface area (Å²) in [6, 6.07) is 15.1. The van der Waals surface area contributed by atoms with Crippen LogP contribution in [0.25, 0.3) is 20.8 Å². The van der Waals surface area contributed by atoms with Crippen molar-refractivity contribution in [1.29, 1.82) is 0 Å². The van der Waals surface area contributed by atoms with E-state index in [1.54, 1.807) is 17.4 Å². The second kappa shape index (κ2) is 7.47.